The molecule has 2 N–H and O–H groups in total. The van der Waals surface area contributed by atoms with Crippen molar-refractivity contribution >= 4 is 46.5 Å². The highest BCUT2D eigenvalue weighted by Crippen LogP contribution is 2.36. The SMILES string of the molecule is Cc1c(Cl)cccc1NC(=O)CC1C(=O)Nc2c(-c3cccc(Cl)c3)cnn21. The fourth-order valence-corrected chi connectivity index (χ4v) is 3.57. The van der Waals surface area contributed by atoms with Crippen molar-refractivity contribution in [3.8, 4) is 11.1 Å². The largest absolute Gasteiger partial charge is 0.326 e. The van der Waals surface area contributed by atoms with Crippen molar-refractivity contribution < 1.29 is 9.59 Å². The molecular formula is C20H16Cl2N4O2. The standard InChI is InChI=1S/C20H16Cl2N4O2/c1-11-15(22)6-3-7-16(11)24-18(27)9-17-20(28)25-19-14(10-23-26(17)19)12-4-2-5-13(21)8-12/h2-8,10,17H,9H2,1H3,(H,24,27)(H,25,28). The maximum atomic E-state index is 12.5. The van der Waals surface area contributed by atoms with Gasteiger partial charge in [-0.15, -0.1) is 0 Å². The molecule has 8 heteroatoms. The Labute approximate surface area is 171 Å². The Morgan fingerprint density at radius 3 is 2.82 bits per heavy atom. The van der Waals surface area contributed by atoms with E-state index in [1.807, 2.05) is 19.1 Å². The third-order valence-electron chi connectivity index (χ3n) is 4.69. The summed E-state index contributed by atoms with van der Waals surface area (Å²) in [5, 5.41) is 11.1. The molecule has 1 aliphatic rings. The minimum atomic E-state index is -0.720. The molecule has 0 aliphatic carbocycles. The molecule has 1 aromatic heterocycles. The molecule has 0 saturated heterocycles. The van der Waals surface area contributed by atoms with Crippen LogP contribution in [0.4, 0.5) is 11.5 Å². The first-order chi connectivity index (χ1) is 13.4. The topological polar surface area (TPSA) is 76.0 Å². The lowest BCUT2D eigenvalue weighted by atomic mass is 10.1. The van der Waals surface area contributed by atoms with E-state index in [0.29, 0.717) is 21.6 Å². The van der Waals surface area contributed by atoms with Crippen molar-refractivity contribution in [1.29, 1.82) is 0 Å². The van der Waals surface area contributed by atoms with Crippen molar-refractivity contribution in [3.05, 3.63) is 64.3 Å². The predicted octanol–water partition coefficient (Wildman–Crippen LogP) is 4.69. The zero-order valence-electron chi connectivity index (χ0n) is 14.9. The lowest BCUT2D eigenvalue weighted by Gasteiger charge is -2.12. The molecular weight excluding hydrogens is 399 g/mol. The summed E-state index contributed by atoms with van der Waals surface area (Å²) < 4.78 is 1.54. The van der Waals surface area contributed by atoms with Gasteiger partial charge in [0.05, 0.1) is 12.6 Å². The Morgan fingerprint density at radius 2 is 2.04 bits per heavy atom. The van der Waals surface area contributed by atoms with Crippen molar-refractivity contribution in [3.63, 3.8) is 0 Å². The Morgan fingerprint density at radius 1 is 1.25 bits per heavy atom. The lowest BCUT2D eigenvalue weighted by molar-refractivity contribution is -0.123. The monoisotopic (exact) mass is 414 g/mol. The molecule has 3 aromatic rings. The maximum absolute atomic E-state index is 12.5. The quantitative estimate of drug-likeness (QED) is 0.649. The highest BCUT2D eigenvalue weighted by atomic mass is 35.5. The zero-order chi connectivity index (χ0) is 19.8. The highest BCUT2D eigenvalue weighted by Gasteiger charge is 2.35. The maximum Gasteiger partial charge on any atom is 0.251 e. The van der Waals surface area contributed by atoms with E-state index < -0.39 is 6.04 Å². The fraction of sp³-hybridized carbons (Fsp3) is 0.150. The van der Waals surface area contributed by atoms with Gasteiger partial charge in [-0.05, 0) is 42.3 Å². The minimum Gasteiger partial charge on any atom is -0.326 e. The van der Waals surface area contributed by atoms with Crippen LogP contribution in [0.5, 0.6) is 0 Å². The molecule has 142 valence electrons. The average Bonchev–Trinajstić information content (AvgIpc) is 3.19. The van der Waals surface area contributed by atoms with Crippen LogP contribution in [0.1, 0.15) is 18.0 Å². The Kier molecular flexibility index (Phi) is 4.83. The van der Waals surface area contributed by atoms with Gasteiger partial charge in [-0.1, -0.05) is 41.4 Å². The van der Waals surface area contributed by atoms with Crippen LogP contribution in [0.2, 0.25) is 10.0 Å². The van der Waals surface area contributed by atoms with E-state index in [2.05, 4.69) is 15.7 Å². The van der Waals surface area contributed by atoms with Gasteiger partial charge in [-0.25, -0.2) is 4.68 Å². The molecule has 1 atom stereocenters. The number of fused-ring (bicyclic) bond motifs is 1. The molecule has 0 radical (unpaired) electrons. The number of amides is 2. The molecule has 2 amide bonds. The summed E-state index contributed by atoms with van der Waals surface area (Å²) in [5.74, 6) is -0.00785. The Balaban J connectivity index is 1.56. The second-order valence-electron chi connectivity index (χ2n) is 6.53. The number of aromatic nitrogens is 2. The summed E-state index contributed by atoms with van der Waals surface area (Å²) in [6.45, 7) is 1.82. The van der Waals surface area contributed by atoms with Crippen LogP contribution >= 0.6 is 23.2 Å². The van der Waals surface area contributed by atoms with E-state index in [1.165, 1.54) is 0 Å². The highest BCUT2D eigenvalue weighted by molar-refractivity contribution is 6.32. The van der Waals surface area contributed by atoms with Gasteiger partial charge >= 0.3 is 0 Å². The summed E-state index contributed by atoms with van der Waals surface area (Å²) in [7, 11) is 0. The van der Waals surface area contributed by atoms with E-state index in [9.17, 15) is 9.59 Å². The van der Waals surface area contributed by atoms with E-state index in [4.69, 9.17) is 23.2 Å². The van der Waals surface area contributed by atoms with Crippen molar-refractivity contribution in [2.24, 2.45) is 0 Å². The van der Waals surface area contributed by atoms with Crippen molar-refractivity contribution in [1.82, 2.24) is 9.78 Å². The van der Waals surface area contributed by atoms with Crippen LogP contribution in [0.3, 0.4) is 0 Å². The van der Waals surface area contributed by atoms with Crippen LogP contribution < -0.4 is 10.6 Å². The fourth-order valence-electron chi connectivity index (χ4n) is 3.20. The van der Waals surface area contributed by atoms with Crippen molar-refractivity contribution in [2.75, 3.05) is 10.6 Å². The molecule has 4 rings (SSSR count). The van der Waals surface area contributed by atoms with Gasteiger partial charge in [0.1, 0.15) is 11.9 Å². The normalized spacial score (nSPS) is 15.2. The number of carbonyl (C=O) groups is 2. The van der Waals surface area contributed by atoms with Crippen LogP contribution in [-0.4, -0.2) is 21.6 Å². The summed E-state index contributed by atoms with van der Waals surface area (Å²) in [5.41, 5.74) is 2.99. The summed E-state index contributed by atoms with van der Waals surface area (Å²) >= 11 is 12.2. The molecule has 6 nitrogen and oxygen atoms in total. The molecule has 0 spiro atoms. The summed E-state index contributed by atoms with van der Waals surface area (Å²) in [6.07, 6.45) is 1.62. The molecule has 28 heavy (non-hydrogen) atoms. The van der Waals surface area contributed by atoms with E-state index in [0.717, 1.165) is 16.7 Å². The Bertz CT molecular complexity index is 1090. The molecule has 0 bridgehead atoms. The van der Waals surface area contributed by atoms with Crippen molar-refractivity contribution in [2.45, 2.75) is 19.4 Å². The van der Waals surface area contributed by atoms with Gasteiger partial charge in [0.25, 0.3) is 5.91 Å². The predicted molar refractivity (Wildman–Crippen MR) is 110 cm³/mol. The number of hydrogen-bond donors (Lipinski definition) is 2. The number of rotatable bonds is 4. The molecule has 2 aromatic carbocycles. The first kappa shape index (κ1) is 18.5. The first-order valence-corrected chi connectivity index (χ1v) is 9.39. The van der Waals surface area contributed by atoms with Crippen LogP contribution in [-0.2, 0) is 9.59 Å². The Hall–Kier alpha value is -2.83. The molecule has 0 fully saturated rings. The number of benzene rings is 2. The second kappa shape index (κ2) is 7.30. The smallest absolute Gasteiger partial charge is 0.251 e. The van der Waals surface area contributed by atoms with Gasteiger partial charge in [0.15, 0.2) is 0 Å². The molecule has 0 saturated carbocycles. The minimum absolute atomic E-state index is 0.0402. The average molecular weight is 415 g/mol. The van der Waals surface area contributed by atoms with Crippen LogP contribution in [0, 0.1) is 6.92 Å². The second-order valence-corrected chi connectivity index (χ2v) is 7.38. The number of nitrogens with one attached hydrogen (secondary N) is 2. The molecule has 1 aliphatic heterocycles. The van der Waals surface area contributed by atoms with Gasteiger partial charge in [-0.2, -0.15) is 5.10 Å². The van der Waals surface area contributed by atoms with Gasteiger partial charge in [0, 0.05) is 21.3 Å². The first-order valence-electron chi connectivity index (χ1n) is 8.63. The number of hydrogen-bond acceptors (Lipinski definition) is 3. The van der Waals surface area contributed by atoms with E-state index in [-0.39, 0.29) is 18.2 Å². The van der Waals surface area contributed by atoms with Gasteiger partial charge < -0.3 is 10.6 Å². The zero-order valence-corrected chi connectivity index (χ0v) is 16.4. The van der Waals surface area contributed by atoms with Gasteiger partial charge in [0.2, 0.25) is 5.91 Å². The van der Waals surface area contributed by atoms with Gasteiger partial charge in [-0.3, -0.25) is 9.59 Å². The number of nitrogens with zero attached hydrogens (tertiary/aromatic N) is 2. The number of carbonyl (C=O) groups excluding carboxylic acids is 2. The molecule has 2 heterocycles. The van der Waals surface area contributed by atoms with Crippen LogP contribution in [0.15, 0.2) is 48.7 Å². The third-order valence-corrected chi connectivity index (χ3v) is 5.34. The lowest BCUT2D eigenvalue weighted by Crippen LogP contribution is -2.23. The van der Waals surface area contributed by atoms with E-state index in [1.54, 1.807) is 41.2 Å². The summed E-state index contributed by atoms with van der Waals surface area (Å²) in [6, 6.07) is 11.9. The van der Waals surface area contributed by atoms with Crippen LogP contribution in [0.25, 0.3) is 11.1 Å². The number of anilines is 2. The van der Waals surface area contributed by atoms with E-state index >= 15 is 0 Å². The third kappa shape index (κ3) is 3.37. The molecule has 1 unspecified atom stereocenters. The number of halogens is 2. The summed E-state index contributed by atoms with van der Waals surface area (Å²) in [4.78, 5) is 25.0.